The van der Waals surface area contributed by atoms with Crippen molar-refractivity contribution in [2.24, 2.45) is 0 Å². The van der Waals surface area contributed by atoms with E-state index in [1.54, 1.807) is 38.1 Å². The van der Waals surface area contributed by atoms with E-state index < -0.39 is 12.2 Å². The lowest BCUT2D eigenvalue weighted by atomic mass is 10.2. The first-order valence-corrected chi connectivity index (χ1v) is 10.5. The Morgan fingerprint density at radius 1 is 0.656 bits per heavy atom. The number of rotatable bonds is 8. The van der Waals surface area contributed by atoms with E-state index in [4.69, 9.17) is 9.47 Å². The highest BCUT2D eigenvalue weighted by Crippen LogP contribution is 2.21. The largest absolute Gasteiger partial charge is 0.481 e. The van der Waals surface area contributed by atoms with E-state index in [9.17, 15) is 9.59 Å². The Morgan fingerprint density at radius 2 is 1.06 bits per heavy atom. The topological polar surface area (TPSA) is 76.7 Å². The molecular weight excluding hydrogens is 404 g/mol. The smallest absolute Gasteiger partial charge is 0.265 e. The Morgan fingerprint density at radius 3 is 1.47 bits per heavy atom. The number of carbonyl (C=O) groups excluding carboxylic acids is 2. The van der Waals surface area contributed by atoms with Crippen LogP contribution in [0, 0.1) is 13.8 Å². The predicted octanol–water partition coefficient (Wildman–Crippen LogP) is 5.12. The Bertz CT molecular complexity index is 1010. The highest BCUT2D eigenvalue weighted by molar-refractivity contribution is 5.97. The number of aryl methyl sites for hydroxylation is 2. The van der Waals surface area contributed by atoms with Gasteiger partial charge in [0.1, 0.15) is 11.5 Å². The van der Waals surface area contributed by atoms with Gasteiger partial charge in [-0.2, -0.15) is 0 Å². The maximum atomic E-state index is 12.6. The molecule has 6 nitrogen and oxygen atoms in total. The van der Waals surface area contributed by atoms with E-state index in [0.29, 0.717) is 22.9 Å². The van der Waals surface area contributed by atoms with Crippen LogP contribution in [0.15, 0.2) is 72.8 Å². The van der Waals surface area contributed by atoms with Gasteiger partial charge < -0.3 is 20.1 Å². The molecule has 0 bridgehead atoms. The van der Waals surface area contributed by atoms with Crippen LogP contribution in [0.1, 0.15) is 25.0 Å². The van der Waals surface area contributed by atoms with Crippen molar-refractivity contribution < 1.29 is 19.1 Å². The van der Waals surface area contributed by atoms with E-state index in [-0.39, 0.29) is 11.8 Å². The molecule has 0 aliphatic rings. The van der Waals surface area contributed by atoms with Gasteiger partial charge in [0.2, 0.25) is 0 Å². The van der Waals surface area contributed by atoms with Crippen LogP contribution < -0.4 is 20.1 Å². The van der Waals surface area contributed by atoms with Crippen molar-refractivity contribution in [3.8, 4) is 11.5 Å². The van der Waals surface area contributed by atoms with Gasteiger partial charge in [-0.25, -0.2) is 0 Å². The van der Waals surface area contributed by atoms with Gasteiger partial charge in [-0.15, -0.1) is 0 Å². The molecule has 0 heterocycles. The van der Waals surface area contributed by atoms with Crippen molar-refractivity contribution in [3.05, 3.63) is 83.9 Å². The predicted molar refractivity (Wildman–Crippen MR) is 126 cm³/mol. The minimum Gasteiger partial charge on any atom is -0.481 e. The van der Waals surface area contributed by atoms with E-state index in [1.807, 2.05) is 62.4 Å². The lowest BCUT2D eigenvalue weighted by Crippen LogP contribution is -2.31. The number of ether oxygens (including phenoxy) is 2. The maximum Gasteiger partial charge on any atom is 0.265 e. The van der Waals surface area contributed by atoms with Gasteiger partial charge in [0, 0.05) is 11.4 Å². The summed E-state index contributed by atoms with van der Waals surface area (Å²) in [5.41, 5.74) is 3.03. The van der Waals surface area contributed by atoms with Gasteiger partial charge in [-0.1, -0.05) is 42.5 Å². The second-order valence-electron chi connectivity index (χ2n) is 7.61. The molecule has 166 valence electrons. The summed E-state index contributed by atoms with van der Waals surface area (Å²) < 4.78 is 11.5. The van der Waals surface area contributed by atoms with E-state index in [2.05, 4.69) is 10.6 Å². The molecule has 2 N–H and O–H groups in total. The van der Waals surface area contributed by atoms with E-state index in [1.165, 1.54) is 0 Å². The minimum atomic E-state index is -0.683. The lowest BCUT2D eigenvalue weighted by molar-refractivity contribution is -0.122. The number of hydrogen-bond donors (Lipinski definition) is 2. The average Bonchev–Trinajstić information content (AvgIpc) is 2.77. The molecule has 2 atom stereocenters. The first-order chi connectivity index (χ1) is 15.3. The molecule has 0 radical (unpaired) electrons. The van der Waals surface area contributed by atoms with Gasteiger partial charge >= 0.3 is 0 Å². The molecule has 3 aromatic carbocycles. The zero-order chi connectivity index (χ0) is 23.1. The van der Waals surface area contributed by atoms with Crippen LogP contribution in [-0.2, 0) is 9.59 Å². The average molecular weight is 433 g/mol. The Balaban J connectivity index is 1.58. The van der Waals surface area contributed by atoms with Gasteiger partial charge in [0.05, 0.1) is 0 Å². The number of anilines is 2. The fourth-order valence-electron chi connectivity index (χ4n) is 3.03. The molecule has 3 aromatic rings. The number of nitrogens with one attached hydrogen (secondary N) is 2. The Hall–Kier alpha value is -3.80. The SMILES string of the molecule is Cc1ccccc1O[C@@H](C)C(=O)Nc1cccc(NC(=O)[C@@H](C)Oc2ccccc2C)c1. The van der Waals surface area contributed by atoms with Crippen LogP contribution in [0.2, 0.25) is 0 Å². The minimum absolute atomic E-state index is 0.284. The highest BCUT2D eigenvalue weighted by Gasteiger charge is 2.18. The Kier molecular flexibility index (Phi) is 7.49. The van der Waals surface area contributed by atoms with Gasteiger partial charge in [-0.05, 0) is 69.2 Å². The monoisotopic (exact) mass is 432 g/mol. The first-order valence-electron chi connectivity index (χ1n) is 10.5. The summed E-state index contributed by atoms with van der Waals surface area (Å²) in [6.45, 7) is 7.24. The number of benzene rings is 3. The molecule has 0 aliphatic carbocycles. The van der Waals surface area contributed by atoms with Gasteiger partial charge in [0.15, 0.2) is 12.2 Å². The van der Waals surface area contributed by atoms with E-state index in [0.717, 1.165) is 11.1 Å². The molecule has 0 spiro atoms. The number of para-hydroxylation sites is 2. The third-order valence-corrected chi connectivity index (χ3v) is 4.93. The fourth-order valence-corrected chi connectivity index (χ4v) is 3.03. The molecule has 3 rings (SSSR count). The molecule has 0 saturated heterocycles. The summed E-state index contributed by atoms with van der Waals surface area (Å²) in [5, 5.41) is 5.65. The van der Waals surface area contributed by atoms with E-state index >= 15 is 0 Å². The van der Waals surface area contributed by atoms with Crippen molar-refractivity contribution in [2.75, 3.05) is 10.6 Å². The number of carbonyl (C=O) groups is 2. The normalized spacial score (nSPS) is 12.4. The second kappa shape index (κ2) is 10.5. The summed E-state index contributed by atoms with van der Waals surface area (Å²) in [5.74, 6) is 0.763. The van der Waals surface area contributed by atoms with Crippen LogP contribution >= 0.6 is 0 Å². The zero-order valence-corrected chi connectivity index (χ0v) is 18.7. The quantitative estimate of drug-likeness (QED) is 0.518. The number of hydrogen-bond acceptors (Lipinski definition) is 4. The third kappa shape index (κ3) is 6.11. The first kappa shape index (κ1) is 22.9. The summed E-state index contributed by atoms with van der Waals surface area (Å²) in [4.78, 5) is 25.1. The second-order valence-corrected chi connectivity index (χ2v) is 7.61. The standard InChI is InChI=1S/C26H28N2O4/c1-17-10-5-7-14-23(17)31-19(3)25(29)27-21-12-9-13-22(16-21)28-26(30)20(4)32-24-15-8-6-11-18(24)2/h5-16,19-20H,1-4H3,(H,27,29)(H,28,30)/t19-,20+. The summed E-state index contributed by atoms with van der Waals surface area (Å²) in [6.07, 6.45) is -1.37. The van der Waals surface area contributed by atoms with Crippen molar-refractivity contribution in [1.29, 1.82) is 0 Å². The summed E-state index contributed by atoms with van der Waals surface area (Å²) in [7, 11) is 0. The Labute approximate surface area is 188 Å². The third-order valence-electron chi connectivity index (χ3n) is 4.93. The van der Waals surface area contributed by atoms with Crippen LogP contribution in [0.25, 0.3) is 0 Å². The van der Waals surface area contributed by atoms with Crippen molar-refractivity contribution in [3.63, 3.8) is 0 Å². The molecule has 0 aromatic heterocycles. The molecule has 32 heavy (non-hydrogen) atoms. The molecule has 0 fully saturated rings. The van der Waals surface area contributed by atoms with Crippen LogP contribution in [-0.4, -0.2) is 24.0 Å². The van der Waals surface area contributed by atoms with Crippen LogP contribution in [0.4, 0.5) is 11.4 Å². The number of amides is 2. The molecule has 2 amide bonds. The van der Waals surface area contributed by atoms with Crippen molar-refractivity contribution >= 4 is 23.2 Å². The highest BCUT2D eigenvalue weighted by atomic mass is 16.5. The summed E-state index contributed by atoms with van der Waals surface area (Å²) in [6, 6.07) is 22.0. The zero-order valence-electron chi connectivity index (χ0n) is 18.7. The van der Waals surface area contributed by atoms with Crippen molar-refractivity contribution in [2.45, 2.75) is 39.9 Å². The van der Waals surface area contributed by atoms with Crippen LogP contribution in [0.5, 0.6) is 11.5 Å². The van der Waals surface area contributed by atoms with Gasteiger partial charge in [-0.3, -0.25) is 9.59 Å². The summed E-state index contributed by atoms with van der Waals surface area (Å²) >= 11 is 0. The maximum absolute atomic E-state index is 12.6. The molecular formula is C26H28N2O4. The molecule has 0 aliphatic heterocycles. The molecule has 0 saturated carbocycles. The van der Waals surface area contributed by atoms with Crippen LogP contribution in [0.3, 0.4) is 0 Å². The molecule has 6 heteroatoms. The molecule has 0 unspecified atom stereocenters. The lowest BCUT2D eigenvalue weighted by Gasteiger charge is -2.17. The fraction of sp³-hybridized carbons (Fsp3) is 0.231. The van der Waals surface area contributed by atoms with Crippen molar-refractivity contribution in [1.82, 2.24) is 0 Å². The van der Waals surface area contributed by atoms with Gasteiger partial charge in [0.25, 0.3) is 11.8 Å².